The molecule has 3 aromatic heterocycles. The summed E-state index contributed by atoms with van der Waals surface area (Å²) in [6.07, 6.45) is 4.47. The van der Waals surface area contributed by atoms with Gasteiger partial charge in [0.2, 0.25) is 23.7 Å². The minimum absolute atomic E-state index is 0.0414. The van der Waals surface area contributed by atoms with Crippen molar-refractivity contribution in [1.82, 2.24) is 39.4 Å². The number of amides is 5. The van der Waals surface area contributed by atoms with Crippen LogP contribution in [0.1, 0.15) is 72.4 Å². The van der Waals surface area contributed by atoms with E-state index in [9.17, 15) is 33.9 Å². The van der Waals surface area contributed by atoms with Gasteiger partial charge in [-0.2, -0.15) is 4.98 Å². The Balaban J connectivity index is 0.761. The van der Waals surface area contributed by atoms with Gasteiger partial charge in [0.05, 0.1) is 55.7 Å². The number of fused-ring (bicyclic) bond motifs is 2. The zero-order valence-electron chi connectivity index (χ0n) is 39.3. The first-order valence-electron chi connectivity index (χ1n) is 23.4. The van der Waals surface area contributed by atoms with Gasteiger partial charge in [-0.1, -0.05) is 18.2 Å². The van der Waals surface area contributed by atoms with Crippen LogP contribution >= 0.6 is 0 Å². The number of anilines is 4. The second kappa shape index (κ2) is 21.5. The van der Waals surface area contributed by atoms with Crippen molar-refractivity contribution in [2.24, 2.45) is 5.73 Å². The number of benzene rings is 2. The lowest BCUT2D eigenvalue weighted by molar-refractivity contribution is -0.136. The van der Waals surface area contributed by atoms with Gasteiger partial charge < -0.3 is 35.8 Å². The molecule has 0 radical (unpaired) electrons. The lowest BCUT2D eigenvalue weighted by atomic mass is 10.0. The van der Waals surface area contributed by atoms with Gasteiger partial charge >= 0.3 is 0 Å². The molecule has 368 valence electrons. The molecule has 21 nitrogen and oxygen atoms in total. The van der Waals surface area contributed by atoms with Gasteiger partial charge in [-0.15, -0.1) is 6.58 Å². The Kier molecular flexibility index (Phi) is 15.1. The van der Waals surface area contributed by atoms with Crippen molar-refractivity contribution < 1.29 is 38.6 Å². The van der Waals surface area contributed by atoms with E-state index in [-0.39, 0.29) is 68.4 Å². The minimum Gasteiger partial charge on any atom is -0.384 e. The summed E-state index contributed by atoms with van der Waals surface area (Å²) in [5, 5.41) is 19.6. The number of hydrogen-bond donors (Lipinski definition) is 5. The van der Waals surface area contributed by atoms with E-state index in [1.165, 1.54) is 16.9 Å². The number of allylic oxidation sites excluding steroid dienone is 1. The zero-order valence-corrected chi connectivity index (χ0v) is 39.3. The Morgan fingerprint density at radius 1 is 0.986 bits per heavy atom. The van der Waals surface area contributed by atoms with E-state index in [0.717, 1.165) is 55.4 Å². The monoisotopic (exact) mass is 958 g/mol. The number of nitrogens with one attached hydrogen (secondary N) is 3. The van der Waals surface area contributed by atoms with E-state index >= 15 is 0 Å². The molecule has 5 amide bonds. The minimum atomic E-state index is -1.19. The third-order valence-corrected chi connectivity index (χ3v) is 12.5. The van der Waals surface area contributed by atoms with E-state index in [4.69, 9.17) is 20.2 Å². The predicted octanol–water partition coefficient (Wildman–Crippen LogP) is 2.83. The number of carbonyl (C=O) groups is 5. The van der Waals surface area contributed by atoms with Crippen LogP contribution in [0, 0.1) is 0 Å². The molecular weight excluding hydrogens is 901 g/mol. The topological polar surface area (TPSA) is 261 Å². The number of nitrogens with zero attached hydrogens (tertiary/aromatic N) is 8. The molecule has 3 aliphatic rings. The largest absolute Gasteiger partial charge is 0.384 e. The summed E-state index contributed by atoms with van der Waals surface area (Å²) in [6, 6.07) is 17.1. The van der Waals surface area contributed by atoms with Gasteiger partial charge in [0, 0.05) is 62.4 Å². The van der Waals surface area contributed by atoms with Gasteiger partial charge in [0.15, 0.2) is 11.5 Å². The molecule has 5 aromatic rings. The van der Waals surface area contributed by atoms with Crippen LogP contribution in [0.2, 0.25) is 0 Å². The summed E-state index contributed by atoms with van der Waals surface area (Å²) in [7, 11) is 0. The number of aliphatic hydroxyl groups is 1. The summed E-state index contributed by atoms with van der Waals surface area (Å²) in [5.74, 6) is -1.98. The molecule has 2 fully saturated rings. The third-order valence-electron chi connectivity index (χ3n) is 12.5. The molecule has 0 bridgehead atoms. The SMILES string of the molecule is C=CCn1c(=O)c2cnc(Nc3ccc(N4CCN(CCCC(CC(N)=O)OCCOCCNc5cccc6c5C(=O)N(C5CCC(=O)NC5=O)C6=O)CC4)cc3)nc2n1-c1cccc(C(C)(C)O)n1. The molecule has 2 unspecified atom stereocenters. The average Bonchev–Trinajstić information content (AvgIpc) is 3.76. The maximum Gasteiger partial charge on any atom is 0.278 e. The van der Waals surface area contributed by atoms with Gasteiger partial charge in [-0.25, -0.2) is 19.3 Å². The first-order chi connectivity index (χ1) is 33.7. The summed E-state index contributed by atoms with van der Waals surface area (Å²) in [4.78, 5) is 95.3. The fourth-order valence-electron chi connectivity index (χ4n) is 8.91. The number of piperazine rings is 1. The van der Waals surface area contributed by atoms with Crippen molar-refractivity contribution >= 4 is 63.6 Å². The third kappa shape index (κ3) is 11.1. The van der Waals surface area contributed by atoms with Crippen LogP contribution in [0.4, 0.5) is 23.0 Å². The van der Waals surface area contributed by atoms with Gasteiger partial charge in [0.1, 0.15) is 17.0 Å². The standard InChI is InChI=1S/C49H58N12O9/c1-4-20-59-45(65)35-30-52-48(56-43(35)61(59)40-12-6-11-38(54-40)49(2,3)68)53-31-13-15-32(16-14-31)58-24-22-57(23-25-58)21-7-8-33(29-39(50)62)70-28-27-69-26-19-51-36-10-5-9-34-42(36)47(67)60(46(34)66)37-17-18-41(63)55-44(37)64/h4-6,9-16,30,33,37,51,68H,1,7-8,17-29H2,2-3H3,(H2,50,62)(H,52,53,56)(H,55,63,64). The van der Waals surface area contributed by atoms with Crippen molar-refractivity contribution in [1.29, 1.82) is 0 Å². The molecule has 70 heavy (non-hydrogen) atoms. The van der Waals surface area contributed by atoms with E-state index in [2.05, 4.69) is 42.3 Å². The van der Waals surface area contributed by atoms with E-state index in [1.54, 1.807) is 54.9 Å². The van der Waals surface area contributed by atoms with E-state index in [1.807, 2.05) is 24.3 Å². The second-order valence-electron chi connectivity index (χ2n) is 17.9. The summed E-state index contributed by atoms with van der Waals surface area (Å²) in [6.45, 7) is 12.7. The Hall–Kier alpha value is -7.33. The number of ether oxygens (including phenoxy) is 2. The molecule has 6 heterocycles. The average molecular weight is 959 g/mol. The number of hydrogen-bond acceptors (Lipinski definition) is 16. The van der Waals surface area contributed by atoms with E-state index in [0.29, 0.717) is 47.1 Å². The van der Waals surface area contributed by atoms with Gasteiger partial charge in [-0.05, 0) is 88.2 Å². The van der Waals surface area contributed by atoms with E-state index < -0.39 is 41.2 Å². The Labute approximate surface area is 403 Å². The smallest absolute Gasteiger partial charge is 0.278 e. The number of nitrogens with two attached hydrogens (primary N) is 1. The molecule has 8 rings (SSSR count). The van der Waals surface area contributed by atoms with Gasteiger partial charge in [0.25, 0.3) is 17.4 Å². The second-order valence-corrected chi connectivity index (χ2v) is 17.9. The number of aromatic nitrogens is 5. The highest BCUT2D eigenvalue weighted by atomic mass is 16.5. The summed E-state index contributed by atoms with van der Waals surface area (Å²) < 4.78 is 14.9. The van der Waals surface area contributed by atoms with Crippen molar-refractivity contribution in [3.8, 4) is 5.82 Å². The van der Waals surface area contributed by atoms with Crippen LogP contribution in [-0.2, 0) is 36.0 Å². The normalized spacial score (nSPS) is 16.9. The molecule has 6 N–H and O–H groups in total. The summed E-state index contributed by atoms with van der Waals surface area (Å²) in [5.41, 5.74) is 7.54. The molecule has 0 spiro atoms. The maximum absolute atomic E-state index is 13.4. The lowest BCUT2D eigenvalue weighted by Gasteiger charge is -2.36. The van der Waals surface area contributed by atoms with Crippen molar-refractivity contribution in [2.75, 3.05) is 74.6 Å². The molecular formula is C49H58N12O9. The van der Waals surface area contributed by atoms with Crippen LogP contribution in [0.3, 0.4) is 0 Å². The molecule has 21 heteroatoms. The van der Waals surface area contributed by atoms with Crippen molar-refractivity contribution in [3.63, 3.8) is 0 Å². The maximum atomic E-state index is 13.4. The fourth-order valence-corrected chi connectivity index (χ4v) is 8.91. The predicted molar refractivity (Wildman–Crippen MR) is 260 cm³/mol. The molecule has 0 aliphatic carbocycles. The highest BCUT2D eigenvalue weighted by Crippen LogP contribution is 2.32. The van der Waals surface area contributed by atoms with Crippen LogP contribution in [-0.4, -0.2) is 140 Å². The number of carbonyl (C=O) groups excluding carboxylic acids is 5. The highest BCUT2D eigenvalue weighted by molar-refractivity contribution is 6.25. The first kappa shape index (κ1) is 49.1. The molecule has 2 aromatic carbocycles. The Morgan fingerprint density at radius 2 is 1.76 bits per heavy atom. The van der Waals surface area contributed by atoms with Crippen LogP contribution in [0.5, 0.6) is 0 Å². The quantitative estimate of drug-likeness (QED) is 0.0380. The molecule has 2 saturated heterocycles. The molecule has 2 atom stereocenters. The number of pyridine rings is 1. The van der Waals surface area contributed by atoms with Gasteiger partial charge in [-0.3, -0.25) is 43.9 Å². The van der Waals surface area contributed by atoms with Crippen LogP contribution < -0.4 is 32.1 Å². The Bertz CT molecular complexity index is 2830. The lowest BCUT2D eigenvalue weighted by Crippen LogP contribution is -2.54. The fraction of sp³-hybridized carbons (Fsp3) is 0.408. The summed E-state index contributed by atoms with van der Waals surface area (Å²) >= 11 is 0. The van der Waals surface area contributed by atoms with Crippen LogP contribution in [0.25, 0.3) is 16.9 Å². The van der Waals surface area contributed by atoms with Crippen molar-refractivity contribution in [2.45, 2.75) is 70.2 Å². The first-order valence-corrected chi connectivity index (χ1v) is 23.4. The number of piperidine rings is 1. The number of primary amides is 1. The number of imide groups is 2. The Morgan fingerprint density at radius 3 is 2.49 bits per heavy atom. The molecule has 0 saturated carbocycles. The number of rotatable bonds is 22. The van der Waals surface area contributed by atoms with Crippen molar-refractivity contribution in [3.05, 3.63) is 107 Å². The molecule has 3 aliphatic heterocycles. The highest BCUT2D eigenvalue weighted by Gasteiger charge is 2.45. The van der Waals surface area contributed by atoms with Crippen LogP contribution in [0.15, 0.2) is 84.3 Å². The zero-order chi connectivity index (χ0) is 49.5.